The standard InChI is InChI=1S/C15H21ClN2O4S/c1-10(12-3-4-13(16)23-12)15(21)18-5-6-22-11(8-18)7-17(2)9-14(19)20/h3-4,10-11H,5-9H2,1-2H3,(H,19,20)/t10-,11+/m1/s1. The molecule has 8 heteroatoms. The highest BCUT2D eigenvalue weighted by molar-refractivity contribution is 7.16. The molecule has 1 fully saturated rings. The van der Waals surface area contributed by atoms with E-state index >= 15 is 0 Å². The van der Waals surface area contributed by atoms with E-state index in [4.69, 9.17) is 21.4 Å². The average molecular weight is 361 g/mol. The number of thiophene rings is 1. The number of carboxylic acids is 1. The maximum Gasteiger partial charge on any atom is 0.317 e. The third kappa shape index (κ3) is 5.17. The third-order valence-electron chi connectivity index (χ3n) is 3.76. The maximum absolute atomic E-state index is 12.6. The predicted molar refractivity (Wildman–Crippen MR) is 89.2 cm³/mol. The van der Waals surface area contributed by atoms with Crippen molar-refractivity contribution in [3.05, 3.63) is 21.3 Å². The number of rotatable bonds is 6. The Hall–Kier alpha value is -1.15. The van der Waals surface area contributed by atoms with Gasteiger partial charge in [0.05, 0.1) is 29.5 Å². The maximum atomic E-state index is 12.6. The van der Waals surface area contributed by atoms with E-state index in [-0.39, 0.29) is 24.5 Å². The molecule has 1 aliphatic rings. The van der Waals surface area contributed by atoms with Gasteiger partial charge >= 0.3 is 5.97 Å². The van der Waals surface area contributed by atoms with Gasteiger partial charge in [0.25, 0.3) is 0 Å². The molecule has 0 spiro atoms. The van der Waals surface area contributed by atoms with Crippen LogP contribution in [-0.4, -0.2) is 72.7 Å². The lowest BCUT2D eigenvalue weighted by Gasteiger charge is -2.35. The molecule has 0 aromatic carbocycles. The predicted octanol–water partition coefficient (Wildman–Crippen LogP) is 1.75. The van der Waals surface area contributed by atoms with E-state index in [0.717, 1.165) is 4.88 Å². The summed E-state index contributed by atoms with van der Waals surface area (Å²) in [6.45, 7) is 3.82. The van der Waals surface area contributed by atoms with Gasteiger partial charge in [-0.05, 0) is 26.1 Å². The molecular formula is C15H21ClN2O4S. The highest BCUT2D eigenvalue weighted by atomic mass is 35.5. The van der Waals surface area contributed by atoms with Crippen molar-refractivity contribution in [1.29, 1.82) is 0 Å². The number of amides is 1. The Bertz CT molecular complexity index is 565. The molecule has 0 bridgehead atoms. The minimum atomic E-state index is -0.876. The molecule has 2 rings (SSSR count). The van der Waals surface area contributed by atoms with Crippen molar-refractivity contribution in [3.63, 3.8) is 0 Å². The molecule has 1 aromatic heterocycles. The summed E-state index contributed by atoms with van der Waals surface area (Å²) in [5.74, 6) is -1.06. The number of morpholine rings is 1. The Morgan fingerprint density at radius 3 is 2.91 bits per heavy atom. The van der Waals surface area contributed by atoms with Crippen LogP contribution < -0.4 is 0 Å². The van der Waals surface area contributed by atoms with Gasteiger partial charge in [0.15, 0.2) is 0 Å². The molecule has 128 valence electrons. The van der Waals surface area contributed by atoms with Crippen LogP contribution in [-0.2, 0) is 14.3 Å². The molecule has 23 heavy (non-hydrogen) atoms. The van der Waals surface area contributed by atoms with Gasteiger partial charge in [0, 0.05) is 24.5 Å². The first kappa shape index (κ1) is 18.2. The first-order valence-electron chi connectivity index (χ1n) is 7.42. The number of likely N-dealkylation sites (N-methyl/N-ethyl adjacent to an activating group) is 1. The number of ether oxygens (including phenoxy) is 1. The van der Waals surface area contributed by atoms with Crippen molar-refractivity contribution < 1.29 is 19.4 Å². The molecule has 0 unspecified atom stereocenters. The molecule has 2 atom stereocenters. The van der Waals surface area contributed by atoms with Crippen LogP contribution in [0.5, 0.6) is 0 Å². The van der Waals surface area contributed by atoms with Crippen LogP contribution >= 0.6 is 22.9 Å². The molecule has 1 aliphatic heterocycles. The van der Waals surface area contributed by atoms with Crippen LogP contribution in [0, 0.1) is 0 Å². The lowest BCUT2D eigenvalue weighted by molar-refractivity contribution is -0.143. The summed E-state index contributed by atoms with van der Waals surface area (Å²) in [6, 6.07) is 3.68. The lowest BCUT2D eigenvalue weighted by atomic mass is 10.1. The molecule has 6 nitrogen and oxygen atoms in total. The number of carbonyl (C=O) groups excluding carboxylic acids is 1. The van der Waals surface area contributed by atoms with E-state index in [9.17, 15) is 9.59 Å². The Labute approximate surface area is 144 Å². The summed E-state index contributed by atoms with van der Waals surface area (Å²) in [4.78, 5) is 27.8. The van der Waals surface area contributed by atoms with Gasteiger partial charge in [-0.1, -0.05) is 11.6 Å². The minimum Gasteiger partial charge on any atom is -0.480 e. The Morgan fingerprint density at radius 1 is 1.57 bits per heavy atom. The van der Waals surface area contributed by atoms with Gasteiger partial charge in [-0.2, -0.15) is 0 Å². The number of hydrogen-bond donors (Lipinski definition) is 1. The quantitative estimate of drug-likeness (QED) is 0.837. The Kier molecular flexibility index (Phi) is 6.41. The first-order chi connectivity index (χ1) is 10.9. The van der Waals surface area contributed by atoms with Crippen LogP contribution in [0.2, 0.25) is 4.34 Å². The normalized spacial score (nSPS) is 19.8. The van der Waals surface area contributed by atoms with Crippen molar-refractivity contribution in [2.45, 2.75) is 18.9 Å². The fraction of sp³-hybridized carbons (Fsp3) is 0.600. The number of halogens is 1. The van der Waals surface area contributed by atoms with Gasteiger partial charge in [0.1, 0.15) is 0 Å². The zero-order valence-corrected chi connectivity index (χ0v) is 14.8. The first-order valence-corrected chi connectivity index (χ1v) is 8.62. The molecule has 0 radical (unpaired) electrons. The smallest absolute Gasteiger partial charge is 0.317 e. The second-order valence-electron chi connectivity index (χ2n) is 5.73. The van der Waals surface area contributed by atoms with Gasteiger partial charge in [-0.25, -0.2) is 0 Å². The summed E-state index contributed by atoms with van der Waals surface area (Å²) >= 11 is 7.36. The van der Waals surface area contributed by atoms with Gasteiger partial charge in [-0.15, -0.1) is 11.3 Å². The van der Waals surface area contributed by atoms with Crippen molar-refractivity contribution in [1.82, 2.24) is 9.80 Å². The summed E-state index contributed by atoms with van der Waals surface area (Å²) < 4.78 is 6.33. The monoisotopic (exact) mass is 360 g/mol. The van der Waals surface area contributed by atoms with Crippen LogP contribution in [0.1, 0.15) is 17.7 Å². The van der Waals surface area contributed by atoms with Gasteiger partial charge in [0.2, 0.25) is 5.91 Å². The van der Waals surface area contributed by atoms with E-state index in [1.54, 1.807) is 22.9 Å². The molecule has 2 heterocycles. The van der Waals surface area contributed by atoms with Crippen molar-refractivity contribution in [2.24, 2.45) is 0 Å². The highest BCUT2D eigenvalue weighted by Gasteiger charge is 2.29. The SMILES string of the molecule is C[C@@H](C(=O)N1CCO[C@@H](CN(C)CC(=O)O)C1)c1ccc(Cl)s1. The third-order valence-corrected chi connectivity index (χ3v) is 5.18. The van der Waals surface area contributed by atoms with Gasteiger partial charge in [-0.3, -0.25) is 14.5 Å². The topological polar surface area (TPSA) is 70.1 Å². The molecular weight excluding hydrogens is 340 g/mol. The number of carbonyl (C=O) groups is 2. The summed E-state index contributed by atoms with van der Waals surface area (Å²) in [5.41, 5.74) is 0. The number of nitrogens with zero attached hydrogens (tertiary/aromatic N) is 2. The highest BCUT2D eigenvalue weighted by Crippen LogP contribution is 2.29. The van der Waals surface area contributed by atoms with Crippen LogP contribution in [0.15, 0.2) is 12.1 Å². The summed E-state index contributed by atoms with van der Waals surface area (Å²) in [6.07, 6.45) is -0.170. The second-order valence-corrected chi connectivity index (χ2v) is 7.48. The largest absolute Gasteiger partial charge is 0.480 e. The minimum absolute atomic E-state index is 0.0437. The zero-order valence-electron chi connectivity index (χ0n) is 13.2. The molecule has 1 saturated heterocycles. The van der Waals surface area contributed by atoms with E-state index in [1.165, 1.54) is 11.3 Å². The van der Waals surface area contributed by atoms with Gasteiger partial charge < -0.3 is 14.7 Å². The van der Waals surface area contributed by atoms with E-state index in [0.29, 0.717) is 30.6 Å². The fourth-order valence-electron chi connectivity index (χ4n) is 2.63. The van der Waals surface area contributed by atoms with Crippen molar-refractivity contribution in [2.75, 3.05) is 39.8 Å². The van der Waals surface area contributed by atoms with Crippen LogP contribution in [0.3, 0.4) is 0 Å². The Balaban J connectivity index is 1.92. The number of carboxylic acid groups (broad SMARTS) is 1. The fourth-order valence-corrected chi connectivity index (χ4v) is 3.73. The van der Waals surface area contributed by atoms with E-state index < -0.39 is 5.97 Å². The molecule has 0 saturated carbocycles. The molecule has 1 aromatic rings. The number of aliphatic carboxylic acids is 1. The second kappa shape index (κ2) is 8.10. The number of hydrogen-bond acceptors (Lipinski definition) is 5. The van der Waals surface area contributed by atoms with Crippen molar-refractivity contribution >= 4 is 34.8 Å². The van der Waals surface area contributed by atoms with E-state index in [1.807, 2.05) is 13.0 Å². The van der Waals surface area contributed by atoms with Crippen LogP contribution in [0.25, 0.3) is 0 Å². The Morgan fingerprint density at radius 2 is 2.30 bits per heavy atom. The molecule has 0 aliphatic carbocycles. The van der Waals surface area contributed by atoms with Crippen LogP contribution in [0.4, 0.5) is 0 Å². The summed E-state index contributed by atoms with van der Waals surface area (Å²) in [5, 5.41) is 8.80. The molecule has 1 amide bonds. The van der Waals surface area contributed by atoms with E-state index in [2.05, 4.69) is 0 Å². The molecule has 1 N–H and O–H groups in total. The average Bonchev–Trinajstić information content (AvgIpc) is 2.91. The van der Waals surface area contributed by atoms with Crippen molar-refractivity contribution in [3.8, 4) is 0 Å². The summed E-state index contributed by atoms with van der Waals surface area (Å²) in [7, 11) is 1.73. The zero-order chi connectivity index (χ0) is 17.0. The lowest BCUT2D eigenvalue weighted by Crippen LogP contribution is -2.50.